The van der Waals surface area contributed by atoms with E-state index in [9.17, 15) is 13.2 Å². The Labute approximate surface area is 155 Å². The minimum atomic E-state index is -3.89. The number of carbonyl (C=O) groups is 1. The van der Waals surface area contributed by atoms with Gasteiger partial charge in [-0.3, -0.25) is 4.79 Å². The van der Waals surface area contributed by atoms with Crippen LogP contribution in [0.1, 0.15) is 37.3 Å². The number of nitrogens with zero attached hydrogens (tertiary/aromatic N) is 1. The lowest BCUT2D eigenvalue weighted by Crippen LogP contribution is -2.38. The van der Waals surface area contributed by atoms with Crippen molar-refractivity contribution in [3.63, 3.8) is 0 Å². The Morgan fingerprint density at radius 3 is 2.19 bits per heavy atom. The number of hydrogen-bond donors (Lipinski definition) is 0. The van der Waals surface area contributed by atoms with E-state index in [1.807, 2.05) is 51.1 Å². The molecule has 26 heavy (non-hydrogen) atoms. The number of aryl methyl sites for hydroxylation is 1. The molecule has 0 radical (unpaired) electrons. The summed E-state index contributed by atoms with van der Waals surface area (Å²) in [7, 11) is -3.89. The van der Waals surface area contributed by atoms with Gasteiger partial charge in [-0.25, -0.2) is 12.7 Å². The van der Waals surface area contributed by atoms with Crippen molar-refractivity contribution >= 4 is 15.9 Å². The average molecular weight is 369 g/mol. The van der Waals surface area contributed by atoms with Crippen LogP contribution in [0.4, 0.5) is 0 Å². The number of allylic oxidation sites excluding steroid dienone is 1. The van der Waals surface area contributed by atoms with Crippen molar-refractivity contribution in [1.82, 2.24) is 4.31 Å². The summed E-state index contributed by atoms with van der Waals surface area (Å²) < 4.78 is 26.9. The maximum atomic E-state index is 13.0. The molecule has 136 valence electrons. The maximum Gasteiger partial charge on any atom is 0.270 e. The van der Waals surface area contributed by atoms with Crippen LogP contribution < -0.4 is 0 Å². The van der Waals surface area contributed by atoms with Crippen molar-refractivity contribution in [2.45, 2.75) is 38.0 Å². The third-order valence-electron chi connectivity index (χ3n) is 4.74. The first-order valence-electron chi connectivity index (χ1n) is 8.71. The van der Waals surface area contributed by atoms with Gasteiger partial charge < -0.3 is 0 Å². The number of hydrogen-bond acceptors (Lipinski definition) is 3. The smallest absolute Gasteiger partial charge is 0.270 e. The van der Waals surface area contributed by atoms with E-state index in [4.69, 9.17) is 0 Å². The van der Waals surface area contributed by atoms with Crippen molar-refractivity contribution < 1.29 is 13.2 Å². The van der Waals surface area contributed by atoms with Gasteiger partial charge >= 0.3 is 0 Å². The summed E-state index contributed by atoms with van der Waals surface area (Å²) in [5.74, 6) is -0.360. The Bertz CT molecular complexity index is 929. The standard InChI is InChI=1S/C21H23NO3S/c1-15(2)20-14-22(26(24,25)18-11-9-16(3)10-12-18)21(23)13-19(20)17-7-5-4-6-8-17/h4-12,14-15,19H,13H2,1-3H3/t19-/m1/s1. The van der Waals surface area contributed by atoms with Gasteiger partial charge in [0.1, 0.15) is 0 Å². The molecule has 1 amide bonds. The summed E-state index contributed by atoms with van der Waals surface area (Å²) in [5, 5.41) is 0. The molecular formula is C21H23NO3S. The van der Waals surface area contributed by atoms with E-state index in [-0.39, 0.29) is 23.2 Å². The van der Waals surface area contributed by atoms with Crippen LogP contribution in [0.2, 0.25) is 0 Å². The highest BCUT2D eigenvalue weighted by Crippen LogP contribution is 2.38. The zero-order chi connectivity index (χ0) is 18.9. The molecule has 0 unspecified atom stereocenters. The normalized spacial score (nSPS) is 18.2. The Morgan fingerprint density at radius 1 is 1.00 bits per heavy atom. The fraction of sp³-hybridized carbons (Fsp3) is 0.286. The van der Waals surface area contributed by atoms with Crippen LogP contribution in [0.5, 0.6) is 0 Å². The van der Waals surface area contributed by atoms with E-state index >= 15 is 0 Å². The Balaban J connectivity index is 2.05. The van der Waals surface area contributed by atoms with Crippen molar-refractivity contribution in [2.75, 3.05) is 0 Å². The number of rotatable bonds is 4. The second-order valence-corrected chi connectivity index (χ2v) is 8.77. The van der Waals surface area contributed by atoms with Gasteiger partial charge in [0, 0.05) is 18.5 Å². The minimum Gasteiger partial charge on any atom is -0.273 e. The third-order valence-corrected chi connectivity index (χ3v) is 6.43. The second kappa shape index (κ2) is 7.08. The number of carbonyl (C=O) groups excluding carboxylic acids is 1. The molecule has 1 aliphatic rings. The Morgan fingerprint density at radius 2 is 1.62 bits per heavy atom. The summed E-state index contributed by atoms with van der Waals surface area (Å²) in [6.07, 6.45) is 1.68. The van der Waals surface area contributed by atoms with Gasteiger partial charge in [0.2, 0.25) is 5.91 Å². The Hall–Kier alpha value is -2.40. The van der Waals surface area contributed by atoms with Crippen molar-refractivity contribution in [3.8, 4) is 0 Å². The van der Waals surface area contributed by atoms with Crippen LogP contribution >= 0.6 is 0 Å². The molecular weight excluding hydrogens is 346 g/mol. The lowest BCUT2D eigenvalue weighted by atomic mass is 9.81. The van der Waals surface area contributed by atoms with Crippen molar-refractivity contribution in [3.05, 3.63) is 77.5 Å². The highest BCUT2D eigenvalue weighted by atomic mass is 32.2. The van der Waals surface area contributed by atoms with Gasteiger partial charge in [0.05, 0.1) is 4.90 Å². The van der Waals surface area contributed by atoms with Crippen LogP contribution in [-0.4, -0.2) is 18.6 Å². The second-order valence-electron chi connectivity index (χ2n) is 6.96. The molecule has 0 aromatic heterocycles. The molecule has 0 spiro atoms. The van der Waals surface area contributed by atoms with Crippen molar-refractivity contribution in [1.29, 1.82) is 0 Å². The van der Waals surface area contributed by atoms with Gasteiger partial charge in [0.15, 0.2) is 0 Å². The van der Waals surface area contributed by atoms with E-state index in [1.54, 1.807) is 24.3 Å². The molecule has 0 aliphatic carbocycles. The molecule has 0 N–H and O–H groups in total. The highest BCUT2D eigenvalue weighted by Gasteiger charge is 2.36. The van der Waals surface area contributed by atoms with Gasteiger partial charge in [-0.15, -0.1) is 0 Å². The topological polar surface area (TPSA) is 54.5 Å². The van der Waals surface area contributed by atoms with E-state index in [0.29, 0.717) is 0 Å². The van der Waals surface area contributed by atoms with E-state index in [0.717, 1.165) is 21.0 Å². The van der Waals surface area contributed by atoms with Crippen LogP contribution in [0.25, 0.3) is 0 Å². The average Bonchev–Trinajstić information content (AvgIpc) is 2.62. The van der Waals surface area contributed by atoms with Crippen LogP contribution in [0, 0.1) is 12.8 Å². The van der Waals surface area contributed by atoms with Crippen LogP contribution in [0.3, 0.4) is 0 Å². The molecule has 5 heteroatoms. The lowest BCUT2D eigenvalue weighted by molar-refractivity contribution is -0.125. The highest BCUT2D eigenvalue weighted by molar-refractivity contribution is 7.89. The fourth-order valence-corrected chi connectivity index (χ4v) is 4.56. The zero-order valence-corrected chi connectivity index (χ0v) is 16.0. The predicted molar refractivity (Wildman–Crippen MR) is 102 cm³/mol. The van der Waals surface area contributed by atoms with Gasteiger partial charge in [0.25, 0.3) is 10.0 Å². The summed E-state index contributed by atoms with van der Waals surface area (Å²) >= 11 is 0. The molecule has 1 heterocycles. The Kier molecular flexibility index (Phi) is 5.01. The number of sulfonamides is 1. The van der Waals surface area contributed by atoms with Crippen LogP contribution in [0.15, 0.2) is 71.3 Å². The summed E-state index contributed by atoms with van der Waals surface area (Å²) in [6.45, 7) is 5.94. The first-order valence-corrected chi connectivity index (χ1v) is 10.1. The molecule has 3 rings (SSSR count). The summed E-state index contributed by atoms with van der Waals surface area (Å²) in [4.78, 5) is 12.9. The zero-order valence-electron chi connectivity index (χ0n) is 15.2. The maximum absolute atomic E-state index is 13.0. The van der Waals surface area contributed by atoms with Gasteiger partial charge in [-0.05, 0) is 36.1 Å². The quantitative estimate of drug-likeness (QED) is 0.810. The molecule has 2 aromatic rings. The molecule has 0 saturated carbocycles. The molecule has 0 saturated heterocycles. The monoisotopic (exact) mass is 369 g/mol. The first-order chi connectivity index (χ1) is 12.3. The largest absolute Gasteiger partial charge is 0.273 e. The minimum absolute atomic E-state index is 0.0897. The molecule has 1 aliphatic heterocycles. The predicted octanol–water partition coefficient (Wildman–Crippen LogP) is 4.24. The molecule has 0 bridgehead atoms. The summed E-state index contributed by atoms with van der Waals surface area (Å²) in [6, 6.07) is 16.3. The van der Waals surface area contributed by atoms with Crippen LogP contribution in [-0.2, 0) is 14.8 Å². The third kappa shape index (κ3) is 3.44. The molecule has 1 atom stereocenters. The van der Waals surface area contributed by atoms with E-state index in [2.05, 4.69) is 0 Å². The van der Waals surface area contributed by atoms with Crippen molar-refractivity contribution in [2.24, 2.45) is 5.92 Å². The van der Waals surface area contributed by atoms with E-state index in [1.165, 1.54) is 6.20 Å². The summed E-state index contributed by atoms with van der Waals surface area (Å²) in [5.41, 5.74) is 2.95. The first kappa shape index (κ1) is 18.4. The number of amides is 1. The molecule has 0 fully saturated rings. The fourth-order valence-electron chi connectivity index (χ4n) is 3.25. The number of benzene rings is 2. The molecule has 2 aromatic carbocycles. The SMILES string of the molecule is Cc1ccc(S(=O)(=O)N2C=C(C(C)C)[C@@H](c3ccccc3)CC2=O)cc1. The molecule has 4 nitrogen and oxygen atoms in total. The van der Waals surface area contributed by atoms with E-state index < -0.39 is 15.9 Å². The van der Waals surface area contributed by atoms with Gasteiger partial charge in [-0.1, -0.05) is 61.9 Å². The van der Waals surface area contributed by atoms with Gasteiger partial charge in [-0.2, -0.15) is 0 Å². The lowest BCUT2D eigenvalue weighted by Gasteiger charge is -2.32.